The molecule has 2 rings (SSSR count). The molecule has 0 amide bonds. The van der Waals surface area contributed by atoms with Crippen LogP contribution in [0.3, 0.4) is 0 Å². The van der Waals surface area contributed by atoms with Crippen LogP contribution in [0.25, 0.3) is 0 Å². The number of likely N-dealkylation sites (tertiary alicyclic amines) is 1. The van der Waals surface area contributed by atoms with Gasteiger partial charge in [-0.1, -0.05) is 50.6 Å². The second kappa shape index (κ2) is 5.96. The van der Waals surface area contributed by atoms with Crippen LogP contribution in [0.2, 0.25) is 0 Å². The molecule has 0 spiro atoms. The van der Waals surface area contributed by atoms with Crippen LogP contribution < -0.4 is 0 Å². The van der Waals surface area contributed by atoms with Crippen molar-refractivity contribution >= 4 is 5.97 Å². The molecule has 0 radical (unpaired) electrons. The van der Waals surface area contributed by atoms with Crippen molar-refractivity contribution < 1.29 is 9.90 Å². The van der Waals surface area contributed by atoms with E-state index in [1.807, 2.05) is 25.1 Å². The van der Waals surface area contributed by atoms with E-state index in [-0.39, 0.29) is 11.3 Å². The Morgan fingerprint density at radius 2 is 2.10 bits per heavy atom. The van der Waals surface area contributed by atoms with E-state index in [0.717, 1.165) is 25.9 Å². The maximum absolute atomic E-state index is 11.7. The van der Waals surface area contributed by atoms with E-state index in [4.69, 9.17) is 0 Å². The van der Waals surface area contributed by atoms with E-state index in [2.05, 4.69) is 31.0 Å². The van der Waals surface area contributed by atoms with Gasteiger partial charge in [-0.3, -0.25) is 4.79 Å². The summed E-state index contributed by atoms with van der Waals surface area (Å²) < 4.78 is 0. The lowest BCUT2D eigenvalue weighted by Crippen LogP contribution is -2.53. The molecule has 20 heavy (non-hydrogen) atoms. The van der Waals surface area contributed by atoms with Crippen molar-refractivity contribution in [3.8, 4) is 0 Å². The molecule has 3 atom stereocenters. The predicted molar refractivity (Wildman–Crippen MR) is 80.8 cm³/mol. The lowest BCUT2D eigenvalue weighted by Gasteiger charge is -2.49. The van der Waals surface area contributed by atoms with Crippen LogP contribution in [-0.2, 0) is 10.2 Å². The fourth-order valence-corrected chi connectivity index (χ4v) is 3.87. The van der Waals surface area contributed by atoms with Crippen molar-refractivity contribution in [2.75, 3.05) is 20.1 Å². The van der Waals surface area contributed by atoms with Crippen molar-refractivity contribution in [3.63, 3.8) is 0 Å². The Kier molecular flexibility index (Phi) is 4.48. The third kappa shape index (κ3) is 2.47. The molecule has 1 saturated heterocycles. The molecule has 0 saturated carbocycles. The summed E-state index contributed by atoms with van der Waals surface area (Å²) in [5.41, 5.74) is 0.948. The van der Waals surface area contributed by atoms with E-state index in [1.54, 1.807) is 0 Å². The number of carboxylic acid groups (broad SMARTS) is 1. The van der Waals surface area contributed by atoms with E-state index < -0.39 is 5.97 Å². The van der Waals surface area contributed by atoms with Crippen molar-refractivity contribution in [2.45, 2.75) is 32.1 Å². The number of rotatable bonds is 4. The molecular weight excluding hydrogens is 250 g/mol. The van der Waals surface area contributed by atoms with Crippen molar-refractivity contribution in [1.29, 1.82) is 0 Å². The highest BCUT2D eigenvalue weighted by Crippen LogP contribution is 2.46. The molecule has 1 aliphatic rings. The number of carbonyl (C=O) groups is 1. The minimum Gasteiger partial charge on any atom is -0.481 e. The molecule has 1 fully saturated rings. The second-order valence-electron chi connectivity index (χ2n) is 6.08. The monoisotopic (exact) mass is 275 g/mol. The maximum Gasteiger partial charge on any atom is 0.307 e. The van der Waals surface area contributed by atoms with Crippen LogP contribution >= 0.6 is 0 Å². The number of piperidine rings is 1. The largest absolute Gasteiger partial charge is 0.481 e. The third-order valence-electron chi connectivity index (χ3n) is 5.11. The number of carboxylic acids is 1. The van der Waals surface area contributed by atoms with Gasteiger partial charge in [0.2, 0.25) is 0 Å². The third-order valence-corrected chi connectivity index (χ3v) is 5.11. The molecule has 3 nitrogen and oxygen atoms in total. The summed E-state index contributed by atoms with van der Waals surface area (Å²) in [6.07, 6.45) is 1.93. The summed E-state index contributed by atoms with van der Waals surface area (Å²) in [5.74, 6) is -0.657. The lowest BCUT2D eigenvalue weighted by molar-refractivity contribution is -0.146. The first-order valence-electron chi connectivity index (χ1n) is 7.49. The normalized spacial score (nSPS) is 29.1. The molecule has 1 aliphatic heterocycles. The highest BCUT2D eigenvalue weighted by Gasteiger charge is 2.49. The van der Waals surface area contributed by atoms with E-state index in [1.165, 1.54) is 5.56 Å². The zero-order valence-electron chi connectivity index (χ0n) is 12.7. The molecule has 3 unspecified atom stereocenters. The molecule has 3 heteroatoms. The molecule has 0 aromatic heterocycles. The SMILES string of the molecule is CCC1CN(C)CCC1(c1ccccc1)C(C)C(=O)O. The zero-order chi connectivity index (χ0) is 14.8. The van der Waals surface area contributed by atoms with Crippen LogP contribution in [0.15, 0.2) is 30.3 Å². The summed E-state index contributed by atoms with van der Waals surface area (Å²) in [6.45, 7) is 5.99. The highest BCUT2D eigenvalue weighted by molar-refractivity contribution is 5.72. The van der Waals surface area contributed by atoms with Gasteiger partial charge in [-0.15, -0.1) is 0 Å². The molecule has 1 aromatic carbocycles. The van der Waals surface area contributed by atoms with Crippen LogP contribution in [0.4, 0.5) is 0 Å². The van der Waals surface area contributed by atoms with Crippen LogP contribution in [0, 0.1) is 11.8 Å². The number of aliphatic carboxylic acids is 1. The molecule has 0 bridgehead atoms. The van der Waals surface area contributed by atoms with Gasteiger partial charge in [0.25, 0.3) is 0 Å². The second-order valence-corrected chi connectivity index (χ2v) is 6.08. The van der Waals surface area contributed by atoms with Gasteiger partial charge in [0.1, 0.15) is 0 Å². The first kappa shape index (κ1) is 15.0. The van der Waals surface area contributed by atoms with Crippen LogP contribution in [-0.4, -0.2) is 36.1 Å². The summed E-state index contributed by atoms with van der Waals surface area (Å²) in [4.78, 5) is 14.0. The molecule has 1 aromatic rings. The average Bonchev–Trinajstić information content (AvgIpc) is 2.47. The van der Waals surface area contributed by atoms with Crippen molar-refractivity contribution in [1.82, 2.24) is 4.90 Å². The highest BCUT2D eigenvalue weighted by atomic mass is 16.4. The summed E-state index contributed by atoms with van der Waals surface area (Å²) in [6, 6.07) is 10.3. The number of benzene rings is 1. The first-order chi connectivity index (χ1) is 9.52. The smallest absolute Gasteiger partial charge is 0.307 e. The summed E-state index contributed by atoms with van der Waals surface area (Å²) in [5, 5.41) is 9.63. The quantitative estimate of drug-likeness (QED) is 0.918. The van der Waals surface area contributed by atoms with E-state index >= 15 is 0 Å². The minimum absolute atomic E-state index is 0.242. The van der Waals surface area contributed by atoms with E-state index in [0.29, 0.717) is 5.92 Å². The fraction of sp³-hybridized carbons (Fsp3) is 0.588. The number of nitrogens with zero attached hydrogens (tertiary/aromatic N) is 1. The van der Waals surface area contributed by atoms with Crippen LogP contribution in [0.1, 0.15) is 32.3 Å². The Balaban J connectivity index is 2.51. The van der Waals surface area contributed by atoms with Gasteiger partial charge in [-0.2, -0.15) is 0 Å². The van der Waals surface area contributed by atoms with Gasteiger partial charge in [0.05, 0.1) is 5.92 Å². The fourth-order valence-electron chi connectivity index (χ4n) is 3.87. The summed E-state index contributed by atoms with van der Waals surface area (Å²) >= 11 is 0. The molecule has 1 N–H and O–H groups in total. The molecule has 0 aliphatic carbocycles. The topological polar surface area (TPSA) is 40.5 Å². The minimum atomic E-state index is -0.683. The van der Waals surface area contributed by atoms with Gasteiger partial charge >= 0.3 is 5.97 Å². The Bertz CT molecular complexity index is 459. The Hall–Kier alpha value is -1.35. The van der Waals surface area contributed by atoms with Crippen molar-refractivity contribution in [3.05, 3.63) is 35.9 Å². The van der Waals surface area contributed by atoms with Gasteiger partial charge in [-0.05, 0) is 31.5 Å². The number of hydrogen-bond acceptors (Lipinski definition) is 2. The molecule has 1 heterocycles. The van der Waals surface area contributed by atoms with Gasteiger partial charge in [0, 0.05) is 12.0 Å². The predicted octanol–water partition coefficient (Wildman–Crippen LogP) is 3.01. The van der Waals surface area contributed by atoms with Crippen LogP contribution in [0.5, 0.6) is 0 Å². The molecular formula is C17H25NO2. The molecule has 110 valence electrons. The summed E-state index contributed by atoms with van der Waals surface area (Å²) in [7, 11) is 2.13. The van der Waals surface area contributed by atoms with Gasteiger partial charge in [-0.25, -0.2) is 0 Å². The van der Waals surface area contributed by atoms with E-state index in [9.17, 15) is 9.90 Å². The van der Waals surface area contributed by atoms with Crippen molar-refractivity contribution in [2.24, 2.45) is 11.8 Å². The van der Waals surface area contributed by atoms with Gasteiger partial charge < -0.3 is 10.0 Å². The first-order valence-corrected chi connectivity index (χ1v) is 7.49. The Labute approximate surface area is 121 Å². The number of hydrogen-bond donors (Lipinski definition) is 1. The average molecular weight is 275 g/mol. The zero-order valence-corrected chi connectivity index (χ0v) is 12.7. The Morgan fingerprint density at radius 1 is 1.45 bits per heavy atom. The Morgan fingerprint density at radius 3 is 2.65 bits per heavy atom. The van der Waals surface area contributed by atoms with Gasteiger partial charge in [0.15, 0.2) is 0 Å². The lowest BCUT2D eigenvalue weighted by atomic mass is 9.58. The standard InChI is InChI=1S/C17H25NO2/c1-4-14-12-18(3)11-10-17(14,13(2)16(19)20)15-8-6-5-7-9-15/h5-9,13-14H,4,10-12H2,1-3H3,(H,19,20). The maximum atomic E-state index is 11.7.